The predicted molar refractivity (Wildman–Crippen MR) is 350 cm³/mol. The van der Waals surface area contributed by atoms with Gasteiger partial charge in [-0.05, 0) is 100 Å². The highest BCUT2D eigenvalue weighted by Crippen LogP contribution is 2.27. The molecular formula is C64H27FN18S9. The maximum atomic E-state index is 11.7. The van der Waals surface area contributed by atoms with E-state index in [9.17, 15) is 4.39 Å². The second-order valence-electron chi connectivity index (χ2n) is 14.9. The van der Waals surface area contributed by atoms with E-state index >= 15 is 0 Å². The lowest BCUT2D eigenvalue weighted by molar-refractivity contribution is 0.657. The summed E-state index contributed by atoms with van der Waals surface area (Å²) in [7, 11) is 0. The lowest BCUT2D eigenvalue weighted by Crippen LogP contribution is -1.84. The third kappa shape index (κ3) is 27.0. The van der Waals surface area contributed by atoms with E-state index in [0.717, 1.165) is 47.8 Å². The fraction of sp³-hybridized carbons (Fsp3) is 0.0312. The van der Waals surface area contributed by atoms with Crippen molar-refractivity contribution < 1.29 is 4.39 Å². The molecule has 0 N–H and O–H groups in total. The molecule has 0 aliphatic carbocycles. The largest absolute Gasteiger partial charge is 0.198 e. The number of nitriles is 18. The summed E-state index contributed by atoms with van der Waals surface area (Å²) in [6.45, 7) is 1.79. The van der Waals surface area contributed by atoms with E-state index in [-0.39, 0.29) is 49.2 Å². The van der Waals surface area contributed by atoms with Crippen LogP contribution in [0.5, 0.6) is 0 Å². The molecule has 0 saturated carbocycles. The van der Waals surface area contributed by atoms with Crippen molar-refractivity contribution in [3.05, 3.63) is 215 Å². The number of nitrogens with zero attached hydrogens (tertiary/aromatic N) is 18. The molecule has 0 unspecified atom stereocenters. The quantitative estimate of drug-likeness (QED) is 0.117. The second kappa shape index (κ2) is 46.1. The van der Waals surface area contributed by atoms with Gasteiger partial charge in [0.2, 0.25) is 0 Å². The molecule has 0 aromatic carbocycles. The van der Waals surface area contributed by atoms with Crippen LogP contribution in [0.15, 0.2) is 133 Å². The van der Waals surface area contributed by atoms with Crippen molar-refractivity contribution in [3.63, 3.8) is 0 Å². The van der Waals surface area contributed by atoms with Gasteiger partial charge >= 0.3 is 0 Å². The van der Waals surface area contributed by atoms with Crippen LogP contribution in [0.25, 0.3) is 17.2 Å². The minimum Gasteiger partial charge on any atom is -0.198 e. The van der Waals surface area contributed by atoms with Gasteiger partial charge in [-0.1, -0.05) is 24.1 Å². The molecule has 28 heteroatoms. The molecule has 9 heterocycles. The number of allylic oxidation sites excluding steroid dienone is 5. The average Bonchev–Trinajstić information content (AvgIpc) is 1.85. The second-order valence-corrected chi connectivity index (χ2v) is 23.4. The zero-order chi connectivity index (χ0) is 68.5. The Bertz CT molecular complexity index is 4550. The summed E-state index contributed by atoms with van der Waals surface area (Å²) in [4.78, 5) is 5.45. The number of hydrogen-bond acceptors (Lipinski definition) is 27. The Hall–Kier alpha value is -13.2. The Morgan fingerprint density at radius 2 is 0.957 bits per heavy atom. The lowest BCUT2D eigenvalue weighted by Gasteiger charge is -1.97. The van der Waals surface area contributed by atoms with Crippen molar-refractivity contribution >= 4 is 119 Å². The molecule has 0 atom stereocenters. The highest BCUT2D eigenvalue weighted by Gasteiger charge is 2.17. The van der Waals surface area contributed by atoms with E-state index in [4.69, 9.17) is 101 Å². The van der Waals surface area contributed by atoms with Gasteiger partial charge in [0, 0.05) is 36.3 Å². The molecule has 9 rings (SSSR count). The molecule has 0 spiro atoms. The Morgan fingerprint density at radius 1 is 0.446 bits per heavy atom. The summed E-state index contributed by atoms with van der Waals surface area (Å²) >= 11 is 11.7. The van der Waals surface area contributed by atoms with Crippen molar-refractivity contribution in [3.8, 4) is 122 Å². The summed E-state index contributed by atoms with van der Waals surface area (Å²) in [5.74, 6) is 2.45. The first-order valence-corrected chi connectivity index (χ1v) is 31.6. The number of terminal acetylenes is 1. The zero-order valence-corrected chi connectivity index (χ0v) is 53.9. The van der Waals surface area contributed by atoms with E-state index in [2.05, 4.69) is 5.92 Å². The summed E-state index contributed by atoms with van der Waals surface area (Å²) in [5.41, 5.74) is 3.72. The molecular weight excluding hydrogens is 1330 g/mol. The van der Waals surface area contributed by atoms with Gasteiger partial charge in [0.15, 0.2) is 5.13 Å². The van der Waals surface area contributed by atoms with Gasteiger partial charge < -0.3 is 0 Å². The molecule has 9 aromatic heterocycles. The van der Waals surface area contributed by atoms with Gasteiger partial charge in [-0.25, -0.2) is 0 Å². The maximum Gasteiger partial charge on any atom is 0.176 e. The van der Waals surface area contributed by atoms with Gasteiger partial charge in [0.05, 0.1) is 50.7 Å². The first-order valence-electron chi connectivity index (χ1n) is 23.8. The molecule has 0 radical (unpaired) electrons. The van der Waals surface area contributed by atoms with Crippen molar-refractivity contribution in [2.45, 2.75) is 13.3 Å². The van der Waals surface area contributed by atoms with Crippen LogP contribution in [0.4, 0.5) is 4.39 Å². The molecule has 92 heavy (non-hydrogen) atoms. The monoisotopic (exact) mass is 1350 g/mol. The van der Waals surface area contributed by atoms with E-state index in [1.807, 2.05) is 107 Å². The van der Waals surface area contributed by atoms with Crippen molar-refractivity contribution in [1.82, 2.24) is 0 Å². The average molecular weight is 1360 g/mol. The third-order valence-corrected chi connectivity index (χ3v) is 17.2. The molecule has 0 bridgehead atoms. The summed E-state index contributed by atoms with van der Waals surface area (Å²) in [6.07, 6.45) is 6.74. The fourth-order valence-electron chi connectivity index (χ4n) is 5.34. The standard InChI is InChI=1S/C10H5N3S.C9H6N2S.C8N4S.C8H4N2S.C7H3NS.3C6H2N2S.C4H3FS/c11-4-3-9(8(6-12)7-13)10-2-1-5-14-10;1-7(8(5-10)6-11)9-3-2-4-12-9;9-1-5-6(2-10)8(4-12)13-7(5)3-11;9-5-7(6-10)4-8-2-1-3-11-8;1-2-7-3-6(4-8)5-9-7;7-1-5-3-9-4-6(5)2-8;7-3-5-1-2-9-6(5)4-8;7-3-5-1-2-6(4-8)9-5;5-4-2-1-3-6-4/h1-2,5H,3H2;2-4H,1H3;;1-4H;1,3,5H;3-4H;2*1-2H;1-3H. The Morgan fingerprint density at radius 3 is 1.29 bits per heavy atom. The Balaban J connectivity index is 0.000000521. The van der Waals surface area contributed by atoms with Crippen LogP contribution in [0.3, 0.4) is 0 Å². The van der Waals surface area contributed by atoms with Crippen LogP contribution in [-0.4, -0.2) is 0 Å². The van der Waals surface area contributed by atoms with E-state index in [0.29, 0.717) is 42.5 Å². The molecule has 0 aliphatic rings. The summed E-state index contributed by atoms with van der Waals surface area (Å²) < 4.78 is 11.7. The third-order valence-electron chi connectivity index (χ3n) is 9.47. The van der Waals surface area contributed by atoms with Gasteiger partial charge in [-0.15, -0.1) is 108 Å². The van der Waals surface area contributed by atoms with Crippen LogP contribution in [0.2, 0.25) is 0 Å². The molecule has 0 amide bonds. The van der Waals surface area contributed by atoms with Gasteiger partial charge in [0.1, 0.15) is 144 Å². The predicted octanol–water partition coefficient (Wildman–Crippen LogP) is 16.4. The van der Waals surface area contributed by atoms with E-state index in [1.54, 1.807) is 125 Å². The van der Waals surface area contributed by atoms with Crippen LogP contribution >= 0.6 is 102 Å². The smallest absolute Gasteiger partial charge is 0.176 e. The van der Waals surface area contributed by atoms with Gasteiger partial charge in [-0.2, -0.15) is 99.1 Å². The van der Waals surface area contributed by atoms with Gasteiger partial charge in [-0.3, -0.25) is 0 Å². The number of halogens is 1. The fourth-order valence-corrected chi connectivity index (χ4v) is 11.3. The lowest BCUT2D eigenvalue weighted by atomic mass is 10.1. The minimum absolute atomic E-state index is 0.00606. The number of hydrogen-bond donors (Lipinski definition) is 0. The first-order chi connectivity index (χ1) is 44.6. The normalized spacial score (nSPS) is 7.95. The van der Waals surface area contributed by atoms with Crippen molar-refractivity contribution in [2.75, 3.05) is 0 Å². The Kier molecular flexibility index (Phi) is 38.5. The van der Waals surface area contributed by atoms with Crippen molar-refractivity contribution in [2.24, 2.45) is 0 Å². The first kappa shape index (κ1) is 76.8. The van der Waals surface area contributed by atoms with Crippen LogP contribution in [0, 0.1) is 221 Å². The highest BCUT2D eigenvalue weighted by atomic mass is 32.1. The molecule has 18 nitrogen and oxygen atoms in total. The molecule has 434 valence electrons. The molecule has 0 fully saturated rings. The van der Waals surface area contributed by atoms with Gasteiger partial charge in [0.25, 0.3) is 0 Å². The molecule has 0 saturated heterocycles. The zero-order valence-electron chi connectivity index (χ0n) is 46.5. The number of rotatable bonds is 4. The van der Waals surface area contributed by atoms with Crippen LogP contribution < -0.4 is 0 Å². The highest BCUT2D eigenvalue weighted by molar-refractivity contribution is 7.14. The maximum absolute atomic E-state index is 11.7. The SMILES string of the molecule is C#Cc1cc(C#N)cs1.CC(=C(C#N)C#N)c1cccs1.Fc1cccs1.N#CC(C#N)=Cc1cccs1.N#CCC(=C(C#N)C#N)c1cccs1.N#Cc1ccc(C#N)s1.N#Cc1ccsc1C#N.N#Cc1cscc1C#N.N#Cc1sc(C#N)c(C#N)c1C#N. The number of thiophene rings is 9. The summed E-state index contributed by atoms with van der Waals surface area (Å²) in [5, 5.41) is 167. The minimum atomic E-state index is -0.116. The molecule has 0 aliphatic heterocycles. The Labute approximate surface area is 563 Å². The summed E-state index contributed by atoms with van der Waals surface area (Å²) in [6, 6.07) is 54.3. The van der Waals surface area contributed by atoms with Crippen LogP contribution in [-0.2, 0) is 0 Å². The van der Waals surface area contributed by atoms with Crippen LogP contribution in [0.1, 0.15) is 90.6 Å². The topological polar surface area (TPSA) is 428 Å². The molecule has 9 aromatic rings. The van der Waals surface area contributed by atoms with Crippen molar-refractivity contribution in [1.29, 1.82) is 94.7 Å². The van der Waals surface area contributed by atoms with E-state index < -0.39 is 0 Å². The van der Waals surface area contributed by atoms with E-state index in [1.165, 1.54) is 85.4 Å².